The van der Waals surface area contributed by atoms with Gasteiger partial charge in [-0.3, -0.25) is 9.59 Å². The number of ketones is 1. The van der Waals surface area contributed by atoms with Gasteiger partial charge >= 0.3 is 0 Å². The fourth-order valence-corrected chi connectivity index (χ4v) is 3.59. The van der Waals surface area contributed by atoms with Crippen molar-refractivity contribution in [2.45, 2.75) is 72.3 Å². The van der Waals surface area contributed by atoms with E-state index in [4.69, 9.17) is 0 Å². The van der Waals surface area contributed by atoms with Gasteiger partial charge in [-0.15, -0.1) is 0 Å². The molecule has 0 spiro atoms. The lowest BCUT2D eigenvalue weighted by atomic mass is 9.91. The summed E-state index contributed by atoms with van der Waals surface area (Å²) in [4.78, 5) is 27.2. The molecule has 148 valence electrons. The Morgan fingerprint density at radius 1 is 1.11 bits per heavy atom. The Kier molecular flexibility index (Phi) is 7.23. The maximum absolute atomic E-state index is 12.8. The van der Waals surface area contributed by atoms with Crippen molar-refractivity contribution in [1.29, 1.82) is 0 Å². The Balaban J connectivity index is 2.42. The van der Waals surface area contributed by atoms with Crippen molar-refractivity contribution in [3.63, 3.8) is 0 Å². The van der Waals surface area contributed by atoms with E-state index >= 15 is 0 Å². The molecule has 4 heteroatoms. The summed E-state index contributed by atoms with van der Waals surface area (Å²) in [5, 5.41) is 10.5. The molecule has 0 fully saturated rings. The molecule has 0 aromatic heterocycles. The number of Topliss-reactive ketones (excluding diaryl/α,β-unsaturated/α-hetero) is 1. The molecular formula is C23H33NO3. The zero-order valence-corrected chi connectivity index (χ0v) is 17.3. The number of amides is 1. The average molecular weight is 372 g/mol. The number of rotatable bonds is 9. The van der Waals surface area contributed by atoms with Crippen molar-refractivity contribution < 1.29 is 14.7 Å². The topological polar surface area (TPSA) is 57.6 Å². The van der Waals surface area contributed by atoms with Crippen LogP contribution < -0.4 is 0 Å². The summed E-state index contributed by atoms with van der Waals surface area (Å²) in [5.41, 5.74) is 2.37. The summed E-state index contributed by atoms with van der Waals surface area (Å²) in [6.07, 6.45) is 3.25. The summed E-state index contributed by atoms with van der Waals surface area (Å²) < 4.78 is 0. The number of carbonyl (C=O) groups is 2. The smallest absolute Gasteiger partial charge is 0.290 e. The van der Waals surface area contributed by atoms with Gasteiger partial charge in [0.1, 0.15) is 0 Å². The molecule has 0 radical (unpaired) electrons. The molecule has 1 aromatic rings. The molecule has 0 saturated carbocycles. The van der Waals surface area contributed by atoms with E-state index in [1.54, 1.807) is 4.90 Å². The Labute approximate surface area is 163 Å². The lowest BCUT2D eigenvalue weighted by molar-refractivity contribution is -0.129. The number of carbonyl (C=O) groups excluding carboxylic acids is 2. The molecule has 0 saturated heterocycles. The van der Waals surface area contributed by atoms with Crippen molar-refractivity contribution in [2.24, 2.45) is 5.92 Å². The van der Waals surface area contributed by atoms with Crippen molar-refractivity contribution in [3.05, 3.63) is 46.7 Å². The third-order valence-corrected chi connectivity index (χ3v) is 5.12. The lowest BCUT2D eigenvalue weighted by Gasteiger charge is -2.27. The second-order valence-electron chi connectivity index (χ2n) is 8.21. The minimum atomic E-state index is -0.484. The number of hydrogen-bond donors (Lipinski definition) is 1. The lowest BCUT2D eigenvalue weighted by Crippen LogP contribution is -2.32. The summed E-state index contributed by atoms with van der Waals surface area (Å²) >= 11 is 0. The van der Waals surface area contributed by atoms with E-state index in [0.717, 1.165) is 24.8 Å². The van der Waals surface area contributed by atoms with E-state index in [1.165, 1.54) is 5.56 Å². The Hall–Kier alpha value is -2.10. The van der Waals surface area contributed by atoms with Crippen LogP contribution in [0.3, 0.4) is 0 Å². The van der Waals surface area contributed by atoms with Crippen LogP contribution >= 0.6 is 0 Å². The van der Waals surface area contributed by atoms with Gasteiger partial charge in [0.25, 0.3) is 5.91 Å². The number of benzene rings is 1. The van der Waals surface area contributed by atoms with E-state index in [2.05, 4.69) is 32.9 Å². The Morgan fingerprint density at radius 3 is 2.26 bits per heavy atom. The summed E-state index contributed by atoms with van der Waals surface area (Å²) in [5.74, 6) is -0.333. The monoisotopic (exact) mass is 371 g/mol. The molecule has 4 nitrogen and oxygen atoms in total. The number of unbranched alkanes of at least 4 members (excludes halogenated alkanes) is 2. The molecule has 1 heterocycles. The van der Waals surface area contributed by atoms with Crippen LogP contribution in [0.2, 0.25) is 0 Å². The van der Waals surface area contributed by atoms with Crippen LogP contribution in [-0.4, -0.2) is 28.2 Å². The molecule has 1 atom stereocenters. The second-order valence-corrected chi connectivity index (χ2v) is 8.21. The van der Waals surface area contributed by atoms with Gasteiger partial charge in [0.05, 0.1) is 11.6 Å². The number of hydrogen-bond acceptors (Lipinski definition) is 3. The highest BCUT2D eigenvalue weighted by molar-refractivity contribution is 6.09. The van der Waals surface area contributed by atoms with Crippen LogP contribution in [0.15, 0.2) is 35.6 Å². The average Bonchev–Trinajstić information content (AvgIpc) is 2.86. The molecule has 0 bridgehead atoms. The Morgan fingerprint density at radius 2 is 1.74 bits per heavy atom. The minimum absolute atomic E-state index is 0.133. The van der Waals surface area contributed by atoms with E-state index in [0.29, 0.717) is 18.9 Å². The quantitative estimate of drug-likeness (QED) is 0.598. The number of aliphatic hydroxyl groups is 1. The number of aliphatic hydroxyl groups excluding tert-OH is 1. The van der Waals surface area contributed by atoms with Crippen molar-refractivity contribution >= 4 is 11.7 Å². The second kappa shape index (κ2) is 9.20. The van der Waals surface area contributed by atoms with Crippen LogP contribution in [0.5, 0.6) is 0 Å². The Bertz CT molecular complexity index is 701. The van der Waals surface area contributed by atoms with E-state index in [1.807, 2.05) is 26.0 Å². The first-order valence-electron chi connectivity index (χ1n) is 10.1. The molecule has 1 amide bonds. The fraction of sp³-hybridized carbons (Fsp3) is 0.565. The van der Waals surface area contributed by atoms with Crippen molar-refractivity contribution in [2.75, 3.05) is 6.54 Å². The van der Waals surface area contributed by atoms with E-state index in [9.17, 15) is 14.7 Å². The predicted molar refractivity (Wildman–Crippen MR) is 109 cm³/mol. The molecular weight excluding hydrogens is 338 g/mol. The first kappa shape index (κ1) is 21.2. The third-order valence-electron chi connectivity index (χ3n) is 5.12. The molecule has 27 heavy (non-hydrogen) atoms. The summed E-state index contributed by atoms with van der Waals surface area (Å²) in [7, 11) is 0. The first-order chi connectivity index (χ1) is 12.8. The van der Waals surface area contributed by atoms with Crippen LogP contribution in [0, 0.1) is 5.92 Å². The molecule has 1 aliphatic rings. The van der Waals surface area contributed by atoms with Crippen molar-refractivity contribution in [1.82, 2.24) is 4.90 Å². The molecule has 0 aliphatic carbocycles. The van der Waals surface area contributed by atoms with Gasteiger partial charge in [-0.05, 0) is 29.4 Å². The van der Waals surface area contributed by atoms with Gasteiger partial charge in [-0.2, -0.15) is 0 Å². The van der Waals surface area contributed by atoms with Crippen LogP contribution in [0.4, 0.5) is 0 Å². The third kappa shape index (κ3) is 4.79. The normalized spacial score (nSPS) is 17.5. The van der Waals surface area contributed by atoms with E-state index < -0.39 is 11.9 Å². The molecule has 1 N–H and O–H groups in total. The molecule has 1 unspecified atom stereocenters. The summed E-state index contributed by atoms with van der Waals surface area (Å²) in [6, 6.07) is 7.59. The SMILES string of the molecule is CCCCCN1C(=O)C(O)=C(C(=O)CC(C)C)C1c1ccc(C(C)C)cc1. The highest BCUT2D eigenvalue weighted by Crippen LogP contribution is 2.39. The highest BCUT2D eigenvalue weighted by Gasteiger charge is 2.42. The highest BCUT2D eigenvalue weighted by atomic mass is 16.3. The van der Waals surface area contributed by atoms with E-state index in [-0.39, 0.29) is 23.0 Å². The standard InChI is InChI=1S/C23H33NO3/c1-6-7-8-13-24-21(18-11-9-17(10-12-18)16(4)5)20(22(26)23(24)27)19(25)14-15(2)3/h9-12,15-16,21,26H,6-8,13-14H2,1-5H3. The van der Waals surface area contributed by atoms with Gasteiger partial charge in [0.15, 0.2) is 11.5 Å². The van der Waals surface area contributed by atoms with Crippen LogP contribution in [0.1, 0.15) is 83.4 Å². The minimum Gasteiger partial charge on any atom is -0.503 e. The number of nitrogens with zero attached hydrogens (tertiary/aromatic N) is 1. The van der Waals surface area contributed by atoms with Gasteiger partial charge in [0, 0.05) is 13.0 Å². The van der Waals surface area contributed by atoms with Gasteiger partial charge in [-0.1, -0.05) is 71.7 Å². The zero-order valence-electron chi connectivity index (χ0n) is 17.3. The zero-order chi connectivity index (χ0) is 20.1. The van der Waals surface area contributed by atoms with Gasteiger partial charge in [-0.25, -0.2) is 0 Å². The van der Waals surface area contributed by atoms with Gasteiger partial charge in [0.2, 0.25) is 0 Å². The van der Waals surface area contributed by atoms with Crippen LogP contribution in [-0.2, 0) is 9.59 Å². The molecule has 2 rings (SSSR count). The van der Waals surface area contributed by atoms with Crippen LogP contribution in [0.25, 0.3) is 0 Å². The predicted octanol–water partition coefficient (Wildman–Crippen LogP) is 5.31. The summed E-state index contributed by atoms with van der Waals surface area (Å²) in [6.45, 7) is 10.9. The van der Waals surface area contributed by atoms with Crippen molar-refractivity contribution in [3.8, 4) is 0 Å². The maximum atomic E-state index is 12.8. The largest absolute Gasteiger partial charge is 0.503 e. The maximum Gasteiger partial charge on any atom is 0.290 e. The fourth-order valence-electron chi connectivity index (χ4n) is 3.59. The molecule has 1 aromatic carbocycles. The van der Waals surface area contributed by atoms with Gasteiger partial charge < -0.3 is 10.0 Å². The first-order valence-corrected chi connectivity index (χ1v) is 10.1. The molecule has 1 aliphatic heterocycles.